The number of benzene rings is 2. The molecule has 3 heteroatoms. The van der Waals surface area contributed by atoms with Crippen LogP contribution in [-0.2, 0) is 11.2 Å². The largest absolute Gasteiger partial charge is 0.326 e. The van der Waals surface area contributed by atoms with Gasteiger partial charge in [-0.1, -0.05) is 41.9 Å². The van der Waals surface area contributed by atoms with E-state index in [2.05, 4.69) is 5.32 Å². The first-order valence-electron chi connectivity index (χ1n) is 5.75. The normalized spacial score (nSPS) is 10.1. The minimum atomic E-state index is -0.0216. The van der Waals surface area contributed by atoms with Crippen LogP contribution in [-0.4, -0.2) is 5.91 Å². The Kier molecular flexibility index (Phi) is 4.00. The number of amides is 1. The zero-order chi connectivity index (χ0) is 13.0. The summed E-state index contributed by atoms with van der Waals surface area (Å²) in [4.78, 5) is 11.9. The van der Waals surface area contributed by atoms with Crippen molar-refractivity contribution in [2.24, 2.45) is 0 Å². The third-order valence-electron chi connectivity index (χ3n) is 2.67. The van der Waals surface area contributed by atoms with Gasteiger partial charge in [-0.2, -0.15) is 0 Å². The molecule has 0 aliphatic rings. The molecule has 0 atom stereocenters. The maximum Gasteiger partial charge on any atom is 0.228 e. The van der Waals surface area contributed by atoms with Crippen molar-refractivity contribution in [2.75, 3.05) is 5.32 Å². The summed E-state index contributed by atoms with van der Waals surface area (Å²) in [7, 11) is 0. The van der Waals surface area contributed by atoms with Crippen molar-refractivity contribution < 1.29 is 4.79 Å². The summed E-state index contributed by atoms with van der Waals surface area (Å²) in [6.45, 7) is 1.92. The van der Waals surface area contributed by atoms with Crippen LogP contribution >= 0.6 is 11.6 Å². The van der Waals surface area contributed by atoms with Gasteiger partial charge in [-0.3, -0.25) is 4.79 Å². The van der Waals surface area contributed by atoms with E-state index in [9.17, 15) is 4.79 Å². The van der Waals surface area contributed by atoms with Crippen LogP contribution in [0.25, 0.3) is 0 Å². The van der Waals surface area contributed by atoms with E-state index in [0.29, 0.717) is 11.4 Å². The highest BCUT2D eigenvalue weighted by atomic mass is 35.5. The first-order chi connectivity index (χ1) is 8.65. The van der Waals surface area contributed by atoms with Crippen molar-refractivity contribution in [1.82, 2.24) is 0 Å². The van der Waals surface area contributed by atoms with E-state index in [1.54, 1.807) is 6.07 Å². The average Bonchev–Trinajstić information content (AvgIpc) is 2.34. The molecule has 0 spiro atoms. The Morgan fingerprint density at radius 2 is 1.89 bits per heavy atom. The van der Waals surface area contributed by atoms with Gasteiger partial charge in [0.25, 0.3) is 0 Å². The molecular weight excluding hydrogens is 246 g/mol. The average molecular weight is 260 g/mol. The van der Waals surface area contributed by atoms with Crippen molar-refractivity contribution in [3.05, 3.63) is 64.7 Å². The van der Waals surface area contributed by atoms with Crippen LogP contribution in [0, 0.1) is 6.92 Å². The van der Waals surface area contributed by atoms with Crippen molar-refractivity contribution in [3.8, 4) is 0 Å². The summed E-state index contributed by atoms with van der Waals surface area (Å²) in [6.07, 6.45) is 0.378. The van der Waals surface area contributed by atoms with Crippen molar-refractivity contribution in [3.63, 3.8) is 0 Å². The Hall–Kier alpha value is -1.80. The van der Waals surface area contributed by atoms with E-state index in [-0.39, 0.29) is 5.91 Å². The highest BCUT2D eigenvalue weighted by Gasteiger charge is 2.05. The predicted octanol–water partition coefficient (Wildman–Crippen LogP) is 3.83. The third kappa shape index (κ3) is 3.34. The Labute approximate surface area is 112 Å². The minimum Gasteiger partial charge on any atom is -0.326 e. The molecule has 92 valence electrons. The van der Waals surface area contributed by atoms with Gasteiger partial charge in [-0.05, 0) is 36.2 Å². The van der Waals surface area contributed by atoms with Gasteiger partial charge >= 0.3 is 0 Å². The molecule has 18 heavy (non-hydrogen) atoms. The fourth-order valence-corrected chi connectivity index (χ4v) is 1.97. The molecule has 0 saturated heterocycles. The van der Waals surface area contributed by atoms with Crippen LogP contribution in [0.3, 0.4) is 0 Å². The van der Waals surface area contributed by atoms with Crippen LogP contribution in [0.15, 0.2) is 48.5 Å². The molecule has 2 aromatic rings. The summed E-state index contributed by atoms with van der Waals surface area (Å²) in [5.41, 5.74) is 2.77. The van der Waals surface area contributed by atoms with Crippen LogP contribution in [0.2, 0.25) is 5.02 Å². The number of anilines is 1. The summed E-state index contributed by atoms with van der Waals surface area (Å²) >= 11 is 5.87. The number of hydrogen-bond acceptors (Lipinski definition) is 1. The molecule has 0 radical (unpaired) electrons. The molecule has 0 fully saturated rings. The van der Waals surface area contributed by atoms with E-state index in [1.165, 1.54) is 0 Å². The number of aryl methyl sites for hydroxylation is 1. The second-order valence-corrected chi connectivity index (χ2v) is 4.61. The van der Waals surface area contributed by atoms with E-state index in [4.69, 9.17) is 11.6 Å². The molecule has 0 aromatic heterocycles. The summed E-state index contributed by atoms with van der Waals surface area (Å²) in [5.74, 6) is -0.0216. The van der Waals surface area contributed by atoms with Gasteiger partial charge in [0.2, 0.25) is 5.91 Å². The number of hydrogen-bond donors (Lipinski definition) is 1. The lowest BCUT2D eigenvalue weighted by molar-refractivity contribution is -0.115. The predicted molar refractivity (Wildman–Crippen MR) is 75.0 cm³/mol. The van der Waals surface area contributed by atoms with Crippen LogP contribution in [0.4, 0.5) is 5.69 Å². The Bertz CT molecular complexity index is 552. The first-order valence-corrected chi connectivity index (χ1v) is 6.13. The van der Waals surface area contributed by atoms with Gasteiger partial charge in [0.05, 0.1) is 6.42 Å². The Morgan fingerprint density at radius 1 is 1.17 bits per heavy atom. The number of carbonyl (C=O) groups excluding carboxylic acids is 1. The third-order valence-corrected chi connectivity index (χ3v) is 2.91. The smallest absolute Gasteiger partial charge is 0.228 e. The summed E-state index contributed by atoms with van der Waals surface area (Å²) in [5, 5.41) is 3.56. The highest BCUT2D eigenvalue weighted by Crippen LogP contribution is 2.19. The molecule has 0 aliphatic heterocycles. The Balaban J connectivity index is 2.03. The van der Waals surface area contributed by atoms with Crippen molar-refractivity contribution in [1.29, 1.82) is 0 Å². The highest BCUT2D eigenvalue weighted by molar-refractivity contribution is 6.30. The van der Waals surface area contributed by atoms with Gasteiger partial charge in [0.1, 0.15) is 0 Å². The lowest BCUT2D eigenvalue weighted by Crippen LogP contribution is -2.15. The number of nitrogens with one attached hydrogen (secondary N) is 1. The number of halogens is 1. The molecule has 1 N–H and O–H groups in total. The zero-order valence-corrected chi connectivity index (χ0v) is 10.9. The molecule has 0 bridgehead atoms. The number of carbonyl (C=O) groups is 1. The standard InChI is InChI=1S/C15H14ClNO/c1-11-9-13(16)7-8-14(11)17-15(18)10-12-5-3-2-4-6-12/h2-9H,10H2,1H3,(H,17,18). The molecule has 2 nitrogen and oxygen atoms in total. The SMILES string of the molecule is Cc1cc(Cl)ccc1NC(=O)Cc1ccccc1. The van der Waals surface area contributed by atoms with Crippen LogP contribution < -0.4 is 5.32 Å². The molecule has 0 saturated carbocycles. The van der Waals surface area contributed by atoms with Crippen molar-refractivity contribution >= 4 is 23.2 Å². The van der Waals surface area contributed by atoms with E-state index in [0.717, 1.165) is 16.8 Å². The van der Waals surface area contributed by atoms with Gasteiger partial charge < -0.3 is 5.32 Å². The van der Waals surface area contributed by atoms with Crippen LogP contribution in [0.5, 0.6) is 0 Å². The molecule has 0 unspecified atom stereocenters. The molecule has 0 aliphatic carbocycles. The van der Waals surface area contributed by atoms with E-state index >= 15 is 0 Å². The molecule has 1 amide bonds. The second kappa shape index (κ2) is 5.69. The number of rotatable bonds is 3. The quantitative estimate of drug-likeness (QED) is 0.892. The first kappa shape index (κ1) is 12.7. The lowest BCUT2D eigenvalue weighted by atomic mass is 10.1. The minimum absolute atomic E-state index is 0.0216. The fraction of sp³-hybridized carbons (Fsp3) is 0.133. The summed E-state index contributed by atoms with van der Waals surface area (Å²) in [6, 6.07) is 15.1. The topological polar surface area (TPSA) is 29.1 Å². The maximum atomic E-state index is 11.9. The molecule has 2 rings (SSSR count). The molecular formula is C15H14ClNO. The summed E-state index contributed by atoms with van der Waals surface area (Å²) < 4.78 is 0. The van der Waals surface area contributed by atoms with Gasteiger partial charge in [0.15, 0.2) is 0 Å². The zero-order valence-electron chi connectivity index (χ0n) is 10.1. The Morgan fingerprint density at radius 3 is 2.56 bits per heavy atom. The monoisotopic (exact) mass is 259 g/mol. The van der Waals surface area contributed by atoms with Gasteiger partial charge in [0, 0.05) is 10.7 Å². The lowest BCUT2D eigenvalue weighted by Gasteiger charge is -2.08. The second-order valence-electron chi connectivity index (χ2n) is 4.17. The van der Waals surface area contributed by atoms with E-state index in [1.807, 2.05) is 49.4 Å². The van der Waals surface area contributed by atoms with E-state index < -0.39 is 0 Å². The maximum absolute atomic E-state index is 11.9. The van der Waals surface area contributed by atoms with Crippen LogP contribution in [0.1, 0.15) is 11.1 Å². The fourth-order valence-electron chi connectivity index (χ4n) is 1.74. The molecule has 0 heterocycles. The molecule has 2 aromatic carbocycles. The van der Waals surface area contributed by atoms with Gasteiger partial charge in [-0.25, -0.2) is 0 Å². The van der Waals surface area contributed by atoms with Gasteiger partial charge in [-0.15, -0.1) is 0 Å². The van der Waals surface area contributed by atoms with Crippen molar-refractivity contribution in [2.45, 2.75) is 13.3 Å².